The van der Waals surface area contributed by atoms with E-state index in [0.29, 0.717) is 24.7 Å². The third kappa shape index (κ3) is 3.53. The first-order chi connectivity index (χ1) is 9.56. The fourth-order valence-electron chi connectivity index (χ4n) is 1.87. The molecule has 7 heteroatoms. The molecule has 0 unspecified atom stereocenters. The van der Waals surface area contributed by atoms with Gasteiger partial charge in [0.2, 0.25) is 5.91 Å². The number of urea groups is 1. The number of carbonyl (C=O) groups excluding carboxylic acids is 2. The first kappa shape index (κ1) is 14.0. The van der Waals surface area contributed by atoms with Gasteiger partial charge < -0.3 is 25.8 Å². The Labute approximate surface area is 116 Å². The van der Waals surface area contributed by atoms with Gasteiger partial charge in [-0.2, -0.15) is 0 Å². The van der Waals surface area contributed by atoms with E-state index >= 15 is 0 Å². The highest BCUT2D eigenvalue weighted by atomic mass is 16.6. The van der Waals surface area contributed by atoms with Crippen molar-refractivity contribution >= 4 is 11.9 Å². The van der Waals surface area contributed by atoms with Gasteiger partial charge in [0.1, 0.15) is 13.2 Å². The smallest absolute Gasteiger partial charge is 0.312 e. The highest BCUT2D eigenvalue weighted by Gasteiger charge is 2.15. The Morgan fingerprint density at radius 1 is 1.30 bits per heavy atom. The Morgan fingerprint density at radius 2 is 2.00 bits per heavy atom. The Hall–Kier alpha value is -2.44. The predicted octanol–water partition coefficient (Wildman–Crippen LogP) is 0.303. The van der Waals surface area contributed by atoms with Crippen LogP contribution in [0.1, 0.15) is 18.5 Å². The summed E-state index contributed by atoms with van der Waals surface area (Å²) in [7, 11) is 0. The number of hydrogen-bond donors (Lipinski definition) is 3. The van der Waals surface area contributed by atoms with E-state index in [1.165, 1.54) is 0 Å². The number of rotatable bonds is 4. The number of fused-ring (bicyclic) bond motifs is 1. The van der Waals surface area contributed by atoms with Crippen LogP contribution in [0.5, 0.6) is 11.5 Å². The highest BCUT2D eigenvalue weighted by molar-refractivity contribution is 5.83. The third-order valence-electron chi connectivity index (χ3n) is 2.87. The first-order valence-electron chi connectivity index (χ1n) is 6.28. The molecule has 1 heterocycles. The zero-order valence-electron chi connectivity index (χ0n) is 11.1. The molecule has 0 aliphatic carbocycles. The van der Waals surface area contributed by atoms with E-state index in [0.717, 1.165) is 5.56 Å². The van der Waals surface area contributed by atoms with Gasteiger partial charge in [0.15, 0.2) is 11.5 Å². The predicted molar refractivity (Wildman–Crippen MR) is 71.6 cm³/mol. The lowest BCUT2D eigenvalue weighted by Gasteiger charge is -2.21. The van der Waals surface area contributed by atoms with Crippen molar-refractivity contribution < 1.29 is 19.1 Å². The number of benzene rings is 1. The van der Waals surface area contributed by atoms with E-state index in [9.17, 15) is 9.59 Å². The average molecular weight is 279 g/mol. The Bertz CT molecular complexity index is 518. The number of primary amides is 1. The second kappa shape index (κ2) is 6.14. The molecule has 0 saturated heterocycles. The fraction of sp³-hybridized carbons (Fsp3) is 0.385. The van der Waals surface area contributed by atoms with Crippen LogP contribution in [-0.2, 0) is 4.79 Å². The molecule has 0 fully saturated rings. The second-order valence-corrected chi connectivity index (χ2v) is 4.41. The van der Waals surface area contributed by atoms with Crippen LogP contribution in [0.2, 0.25) is 0 Å². The molecule has 2 rings (SSSR count). The van der Waals surface area contributed by atoms with Gasteiger partial charge in [0.25, 0.3) is 0 Å². The van der Waals surface area contributed by atoms with Gasteiger partial charge in [-0.1, -0.05) is 6.07 Å². The van der Waals surface area contributed by atoms with Crippen molar-refractivity contribution in [3.8, 4) is 11.5 Å². The second-order valence-electron chi connectivity index (χ2n) is 4.41. The molecule has 0 spiro atoms. The summed E-state index contributed by atoms with van der Waals surface area (Å²) in [6.07, 6.45) is 0. The van der Waals surface area contributed by atoms with E-state index in [1.807, 2.05) is 25.1 Å². The average Bonchev–Trinajstić information content (AvgIpc) is 2.44. The van der Waals surface area contributed by atoms with Crippen LogP contribution in [-0.4, -0.2) is 31.7 Å². The van der Waals surface area contributed by atoms with Crippen LogP contribution >= 0.6 is 0 Å². The Balaban J connectivity index is 1.96. The molecule has 7 nitrogen and oxygen atoms in total. The number of nitrogens with one attached hydrogen (secondary N) is 2. The summed E-state index contributed by atoms with van der Waals surface area (Å²) in [6.45, 7) is 2.74. The molecule has 1 aromatic carbocycles. The van der Waals surface area contributed by atoms with Crippen molar-refractivity contribution in [1.82, 2.24) is 10.6 Å². The molecule has 0 bridgehead atoms. The van der Waals surface area contributed by atoms with Crippen molar-refractivity contribution in [2.24, 2.45) is 5.73 Å². The molecule has 108 valence electrons. The maximum atomic E-state index is 11.6. The maximum absolute atomic E-state index is 11.6. The van der Waals surface area contributed by atoms with Crippen LogP contribution in [0.15, 0.2) is 18.2 Å². The summed E-state index contributed by atoms with van der Waals surface area (Å²) >= 11 is 0. The molecule has 3 amide bonds. The standard InChI is InChI=1S/C13H17N3O4/c1-8(16-12(17)7-15-13(14)18)9-2-3-10-11(6-9)20-5-4-19-10/h2-3,6,8H,4-5,7H2,1H3,(H,16,17)(H3,14,15,18)/t8-/m1/s1. The molecule has 4 N–H and O–H groups in total. The minimum absolute atomic E-state index is 0.149. The summed E-state index contributed by atoms with van der Waals surface area (Å²) in [5, 5.41) is 4.99. The van der Waals surface area contributed by atoms with Crippen molar-refractivity contribution in [2.45, 2.75) is 13.0 Å². The maximum Gasteiger partial charge on any atom is 0.312 e. The molecular weight excluding hydrogens is 262 g/mol. The Morgan fingerprint density at radius 3 is 2.70 bits per heavy atom. The van der Waals surface area contributed by atoms with Crippen molar-refractivity contribution in [3.05, 3.63) is 23.8 Å². The number of ether oxygens (including phenoxy) is 2. The van der Waals surface area contributed by atoms with E-state index in [4.69, 9.17) is 15.2 Å². The zero-order chi connectivity index (χ0) is 14.5. The van der Waals surface area contributed by atoms with Crippen LogP contribution in [0, 0.1) is 0 Å². The molecule has 0 radical (unpaired) electrons. The molecule has 20 heavy (non-hydrogen) atoms. The van der Waals surface area contributed by atoms with Crippen molar-refractivity contribution in [2.75, 3.05) is 19.8 Å². The lowest BCUT2D eigenvalue weighted by atomic mass is 10.1. The SMILES string of the molecule is C[C@@H](NC(=O)CNC(N)=O)c1ccc2c(c1)OCCO2. The molecular formula is C13H17N3O4. The largest absolute Gasteiger partial charge is 0.486 e. The molecule has 1 aromatic rings. The first-order valence-corrected chi connectivity index (χ1v) is 6.28. The normalized spacial score (nSPS) is 14.2. The molecule has 0 saturated carbocycles. The van der Waals surface area contributed by atoms with Crippen LogP contribution in [0.3, 0.4) is 0 Å². The minimum Gasteiger partial charge on any atom is -0.486 e. The van der Waals surface area contributed by atoms with Crippen LogP contribution < -0.4 is 25.8 Å². The van der Waals surface area contributed by atoms with Crippen LogP contribution in [0.25, 0.3) is 0 Å². The molecule has 0 aromatic heterocycles. The van der Waals surface area contributed by atoms with Crippen molar-refractivity contribution in [1.29, 1.82) is 0 Å². The number of hydrogen-bond acceptors (Lipinski definition) is 4. The topological polar surface area (TPSA) is 103 Å². The quantitative estimate of drug-likeness (QED) is 0.737. The zero-order valence-corrected chi connectivity index (χ0v) is 11.1. The third-order valence-corrected chi connectivity index (χ3v) is 2.87. The fourth-order valence-corrected chi connectivity index (χ4v) is 1.87. The number of nitrogens with two attached hydrogens (primary N) is 1. The Kier molecular flexibility index (Phi) is 4.29. The minimum atomic E-state index is -0.730. The summed E-state index contributed by atoms with van der Waals surface area (Å²) in [6, 6.07) is 4.56. The number of amides is 3. The lowest BCUT2D eigenvalue weighted by Crippen LogP contribution is -2.40. The van der Waals surface area contributed by atoms with E-state index in [2.05, 4.69) is 10.6 Å². The van der Waals surface area contributed by atoms with Gasteiger partial charge in [-0.3, -0.25) is 4.79 Å². The molecule has 1 aliphatic rings. The number of carbonyl (C=O) groups is 2. The summed E-state index contributed by atoms with van der Waals surface area (Å²) in [5.74, 6) is 1.06. The van der Waals surface area contributed by atoms with Gasteiger partial charge >= 0.3 is 6.03 Å². The highest BCUT2D eigenvalue weighted by Crippen LogP contribution is 2.32. The van der Waals surface area contributed by atoms with Gasteiger partial charge in [-0.05, 0) is 24.6 Å². The lowest BCUT2D eigenvalue weighted by molar-refractivity contribution is -0.120. The van der Waals surface area contributed by atoms with E-state index in [-0.39, 0.29) is 18.5 Å². The van der Waals surface area contributed by atoms with Gasteiger partial charge in [0, 0.05) is 0 Å². The van der Waals surface area contributed by atoms with Gasteiger partial charge in [0.05, 0.1) is 12.6 Å². The molecule has 1 aliphatic heterocycles. The van der Waals surface area contributed by atoms with Gasteiger partial charge in [-0.25, -0.2) is 4.79 Å². The summed E-state index contributed by atoms with van der Waals surface area (Å²) < 4.78 is 10.9. The summed E-state index contributed by atoms with van der Waals surface area (Å²) in [5.41, 5.74) is 5.79. The van der Waals surface area contributed by atoms with E-state index in [1.54, 1.807) is 0 Å². The van der Waals surface area contributed by atoms with E-state index < -0.39 is 6.03 Å². The molecule has 1 atom stereocenters. The monoisotopic (exact) mass is 279 g/mol. The van der Waals surface area contributed by atoms with Gasteiger partial charge in [-0.15, -0.1) is 0 Å². The van der Waals surface area contributed by atoms with Crippen molar-refractivity contribution in [3.63, 3.8) is 0 Å². The van der Waals surface area contributed by atoms with Crippen LogP contribution in [0.4, 0.5) is 4.79 Å². The summed E-state index contributed by atoms with van der Waals surface area (Å²) in [4.78, 5) is 22.1.